The first-order valence-electron chi connectivity index (χ1n) is 9.31. The molecule has 0 saturated heterocycles. The minimum Gasteiger partial charge on any atom is -0.454 e. The number of fused-ring (bicyclic) bond motifs is 1. The third kappa shape index (κ3) is 7.20. The lowest BCUT2D eigenvalue weighted by Gasteiger charge is -2.01. The molecule has 1 aromatic carbocycles. The van der Waals surface area contributed by atoms with Crippen molar-refractivity contribution in [3.8, 4) is 11.5 Å². The molecule has 0 saturated carbocycles. The van der Waals surface area contributed by atoms with Crippen LogP contribution < -0.4 is 9.47 Å². The third-order valence-corrected chi connectivity index (χ3v) is 4.36. The second-order valence-corrected chi connectivity index (χ2v) is 6.58. The van der Waals surface area contributed by atoms with Crippen LogP contribution in [0.25, 0.3) is 6.08 Å². The van der Waals surface area contributed by atoms with Crippen molar-refractivity contribution in [3.63, 3.8) is 0 Å². The first-order valence-corrected chi connectivity index (χ1v) is 9.31. The van der Waals surface area contributed by atoms with E-state index >= 15 is 0 Å². The highest BCUT2D eigenvalue weighted by atomic mass is 16.7. The molecule has 0 unspecified atom stereocenters. The number of hydrogen-bond acceptors (Lipinski definition) is 3. The number of rotatable bonds is 12. The average Bonchev–Trinajstić information content (AvgIpc) is 3.03. The van der Waals surface area contributed by atoms with E-state index in [9.17, 15) is 4.79 Å². The molecule has 1 aliphatic rings. The van der Waals surface area contributed by atoms with Gasteiger partial charge in [-0.1, -0.05) is 56.7 Å². The van der Waals surface area contributed by atoms with Crippen LogP contribution in [0, 0.1) is 0 Å². The Balaban J connectivity index is 1.44. The summed E-state index contributed by atoms with van der Waals surface area (Å²) in [5.74, 6) is 2.01. The number of carbonyl (C=O) groups excluding carboxylic acids is 1. The summed E-state index contributed by atoms with van der Waals surface area (Å²) in [5.41, 5.74) is 1.17. The quantitative estimate of drug-likeness (QED) is 0.446. The lowest BCUT2D eigenvalue weighted by atomic mass is 10.1. The van der Waals surface area contributed by atoms with E-state index in [1.165, 1.54) is 50.5 Å². The molecule has 3 heteroatoms. The van der Waals surface area contributed by atoms with Crippen LogP contribution in [0.1, 0.15) is 76.7 Å². The predicted molar refractivity (Wildman–Crippen MR) is 98.5 cm³/mol. The van der Waals surface area contributed by atoms with Crippen molar-refractivity contribution in [2.75, 3.05) is 6.79 Å². The number of ether oxygens (including phenoxy) is 2. The van der Waals surface area contributed by atoms with Gasteiger partial charge >= 0.3 is 0 Å². The van der Waals surface area contributed by atoms with Crippen molar-refractivity contribution >= 4 is 11.9 Å². The number of unbranched alkanes of at least 4 members (excludes halogenated alkanes) is 8. The van der Waals surface area contributed by atoms with Crippen LogP contribution >= 0.6 is 0 Å². The van der Waals surface area contributed by atoms with Crippen molar-refractivity contribution in [2.24, 2.45) is 0 Å². The summed E-state index contributed by atoms with van der Waals surface area (Å²) in [7, 11) is 0. The van der Waals surface area contributed by atoms with Crippen LogP contribution in [0.15, 0.2) is 24.3 Å². The lowest BCUT2D eigenvalue weighted by Crippen LogP contribution is -1.92. The summed E-state index contributed by atoms with van der Waals surface area (Å²) < 4.78 is 10.7. The zero-order chi connectivity index (χ0) is 17.0. The number of benzene rings is 1. The van der Waals surface area contributed by atoms with Gasteiger partial charge < -0.3 is 14.3 Å². The molecule has 0 radical (unpaired) electrons. The van der Waals surface area contributed by atoms with Crippen LogP contribution in [-0.4, -0.2) is 12.6 Å². The SMILES string of the molecule is CC(=O)CCCCCCCCCC/C=C/c1ccc2c(c1)OCO2. The molecule has 0 atom stereocenters. The Bertz CT molecular complexity index is 534. The largest absolute Gasteiger partial charge is 0.454 e. The molecule has 0 N–H and O–H groups in total. The van der Waals surface area contributed by atoms with Crippen LogP contribution in [0.2, 0.25) is 0 Å². The van der Waals surface area contributed by atoms with Gasteiger partial charge in [0.2, 0.25) is 6.79 Å². The van der Waals surface area contributed by atoms with Gasteiger partial charge in [-0.3, -0.25) is 0 Å². The Morgan fingerprint density at radius 2 is 1.62 bits per heavy atom. The first-order chi connectivity index (χ1) is 11.8. The van der Waals surface area contributed by atoms with Gasteiger partial charge in [0.05, 0.1) is 0 Å². The van der Waals surface area contributed by atoms with Gasteiger partial charge in [0, 0.05) is 6.42 Å². The molecule has 1 aliphatic heterocycles. The number of allylic oxidation sites excluding steroid dienone is 1. The van der Waals surface area contributed by atoms with Gasteiger partial charge in [-0.2, -0.15) is 0 Å². The second-order valence-electron chi connectivity index (χ2n) is 6.58. The molecule has 2 rings (SSSR count). The number of carbonyl (C=O) groups is 1. The number of Topliss-reactive ketones (excluding diaryl/α,β-unsaturated/α-hetero) is 1. The maximum absolute atomic E-state index is 10.8. The fourth-order valence-corrected chi connectivity index (χ4v) is 2.93. The molecule has 24 heavy (non-hydrogen) atoms. The van der Waals surface area contributed by atoms with Gasteiger partial charge in [0.25, 0.3) is 0 Å². The smallest absolute Gasteiger partial charge is 0.231 e. The molecule has 0 fully saturated rings. The molecule has 1 aromatic rings. The fourth-order valence-electron chi connectivity index (χ4n) is 2.93. The Kier molecular flexibility index (Phi) is 8.43. The first kappa shape index (κ1) is 18.6. The maximum Gasteiger partial charge on any atom is 0.231 e. The molecular weight excluding hydrogens is 300 g/mol. The fraction of sp³-hybridized carbons (Fsp3) is 0.571. The Labute approximate surface area is 146 Å². The highest BCUT2D eigenvalue weighted by Gasteiger charge is 2.11. The van der Waals surface area contributed by atoms with Gasteiger partial charge in [0.15, 0.2) is 11.5 Å². The lowest BCUT2D eigenvalue weighted by molar-refractivity contribution is -0.117. The van der Waals surface area contributed by atoms with E-state index < -0.39 is 0 Å². The van der Waals surface area contributed by atoms with E-state index in [1.54, 1.807) is 6.92 Å². The second kappa shape index (κ2) is 10.9. The highest BCUT2D eigenvalue weighted by Crippen LogP contribution is 2.32. The molecule has 1 heterocycles. The van der Waals surface area contributed by atoms with Gasteiger partial charge in [0.1, 0.15) is 5.78 Å². The molecule has 0 bridgehead atoms. The molecule has 0 aliphatic carbocycles. The molecule has 0 amide bonds. The summed E-state index contributed by atoms with van der Waals surface area (Å²) in [6.07, 6.45) is 16.4. The van der Waals surface area contributed by atoms with Crippen molar-refractivity contribution in [3.05, 3.63) is 29.8 Å². The van der Waals surface area contributed by atoms with Crippen molar-refractivity contribution < 1.29 is 14.3 Å². The molecule has 0 aromatic heterocycles. The summed E-state index contributed by atoms with van der Waals surface area (Å²) in [5, 5.41) is 0. The van der Waals surface area contributed by atoms with Crippen molar-refractivity contribution in [1.29, 1.82) is 0 Å². The zero-order valence-electron chi connectivity index (χ0n) is 14.9. The standard InChI is InChI=1S/C21H30O3/c1-18(22)12-10-8-6-4-2-3-5-7-9-11-13-19-14-15-20-21(16-19)24-17-23-20/h11,13-16H,2-10,12,17H2,1H3/b13-11+. The minimum atomic E-state index is 0.323. The van der Waals surface area contributed by atoms with E-state index in [2.05, 4.69) is 18.2 Å². The topological polar surface area (TPSA) is 35.5 Å². The third-order valence-electron chi connectivity index (χ3n) is 4.36. The number of hydrogen-bond donors (Lipinski definition) is 0. The van der Waals surface area contributed by atoms with Crippen LogP contribution in [0.4, 0.5) is 0 Å². The van der Waals surface area contributed by atoms with E-state index in [-0.39, 0.29) is 0 Å². The number of ketones is 1. The van der Waals surface area contributed by atoms with Gasteiger partial charge in [-0.25, -0.2) is 0 Å². The Morgan fingerprint density at radius 1 is 0.958 bits per heavy atom. The summed E-state index contributed by atoms with van der Waals surface area (Å²) in [4.78, 5) is 10.8. The van der Waals surface area contributed by atoms with Crippen molar-refractivity contribution in [2.45, 2.75) is 71.1 Å². The molecule has 3 nitrogen and oxygen atoms in total. The van der Waals surface area contributed by atoms with E-state index in [1.807, 2.05) is 12.1 Å². The van der Waals surface area contributed by atoms with E-state index in [4.69, 9.17) is 9.47 Å². The minimum absolute atomic E-state index is 0.323. The van der Waals surface area contributed by atoms with Gasteiger partial charge in [-0.05, 0) is 43.9 Å². The maximum atomic E-state index is 10.8. The van der Waals surface area contributed by atoms with E-state index in [0.29, 0.717) is 12.6 Å². The average molecular weight is 330 g/mol. The monoisotopic (exact) mass is 330 g/mol. The summed E-state index contributed by atoms with van der Waals surface area (Å²) in [6, 6.07) is 6.07. The van der Waals surface area contributed by atoms with Crippen LogP contribution in [0.5, 0.6) is 11.5 Å². The van der Waals surface area contributed by atoms with Crippen molar-refractivity contribution in [1.82, 2.24) is 0 Å². The van der Waals surface area contributed by atoms with Crippen LogP contribution in [-0.2, 0) is 4.79 Å². The zero-order valence-corrected chi connectivity index (χ0v) is 14.9. The van der Waals surface area contributed by atoms with Crippen LogP contribution in [0.3, 0.4) is 0 Å². The molecular formula is C21H30O3. The van der Waals surface area contributed by atoms with Gasteiger partial charge in [-0.15, -0.1) is 0 Å². The Hall–Kier alpha value is -1.77. The molecule has 132 valence electrons. The normalized spacial score (nSPS) is 12.9. The summed E-state index contributed by atoms with van der Waals surface area (Å²) >= 11 is 0. The summed E-state index contributed by atoms with van der Waals surface area (Å²) in [6.45, 7) is 2.01. The van der Waals surface area contributed by atoms with E-state index in [0.717, 1.165) is 30.8 Å². The Morgan fingerprint density at radius 3 is 2.38 bits per heavy atom. The predicted octanol–water partition coefficient (Wildman–Crippen LogP) is 5.92. The highest BCUT2D eigenvalue weighted by molar-refractivity contribution is 5.75. The molecule has 0 spiro atoms.